The van der Waals surface area contributed by atoms with Gasteiger partial charge in [0, 0.05) is 13.8 Å². The highest BCUT2D eigenvalue weighted by Crippen LogP contribution is 1.42. The van der Waals surface area contributed by atoms with Gasteiger partial charge in [-0.25, -0.2) is 0 Å². The fourth-order valence-corrected chi connectivity index (χ4v) is 0. The van der Waals surface area contributed by atoms with Gasteiger partial charge in [0.05, 0.1) is 0 Å². The van der Waals surface area contributed by atoms with Crippen LogP contribution in [0.1, 0.15) is 13.8 Å². The van der Waals surface area contributed by atoms with Crippen LogP contribution in [0.25, 0.3) is 0 Å². The van der Waals surface area contributed by atoms with Crippen LogP contribution in [0.2, 0.25) is 0 Å². The zero-order valence-corrected chi connectivity index (χ0v) is 7.57. The number of hydrogen-bond donors (Lipinski definition) is 2. The molecule has 7 heteroatoms. The zero-order chi connectivity index (χ0) is 7.15. The van der Waals surface area contributed by atoms with Crippen molar-refractivity contribution in [3.8, 4) is 0 Å². The van der Waals surface area contributed by atoms with Crippen molar-refractivity contribution in [1.29, 1.82) is 0 Å². The first-order valence-corrected chi connectivity index (χ1v) is 1.86. The molecule has 72 valence electrons. The highest BCUT2D eigenvalue weighted by atomic mass is 35.5. The Hall–Kier alpha value is -0.550. The lowest BCUT2D eigenvalue weighted by atomic mass is 10.9. The summed E-state index contributed by atoms with van der Waals surface area (Å²) in [4.78, 5) is 18.0. The molecule has 0 aliphatic rings. The molecule has 0 aromatic carbocycles. The molecule has 0 aromatic rings. The second-order valence-electron chi connectivity index (χ2n) is 1.04. The van der Waals surface area contributed by atoms with Crippen LogP contribution >= 0.6 is 24.8 Å². The van der Waals surface area contributed by atoms with Crippen molar-refractivity contribution in [3.63, 3.8) is 0 Å². The number of carbonyl (C=O) groups is 2. The smallest absolute Gasteiger partial charge is 0.300 e. The van der Waals surface area contributed by atoms with Crippen LogP contribution < -0.4 is 0 Å². The zero-order valence-electron chi connectivity index (χ0n) is 5.94. The van der Waals surface area contributed by atoms with Gasteiger partial charge in [-0.2, -0.15) is 0 Å². The van der Waals surface area contributed by atoms with Crippen LogP contribution in [0.5, 0.6) is 0 Å². The van der Waals surface area contributed by atoms with E-state index in [9.17, 15) is 0 Å². The molecule has 11 heavy (non-hydrogen) atoms. The van der Waals surface area contributed by atoms with Gasteiger partial charge < -0.3 is 10.2 Å². The molecule has 4 nitrogen and oxygen atoms in total. The van der Waals surface area contributed by atoms with Crippen molar-refractivity contribution in [2.24, 2.45) is 0 Å². The first kappa shape index (κ1) is 31.4. The summed E-state index contributed by atoms with van der Waals surface area (Å²) in [5, 5.41) is 14.8. The molecular weight excluding hydrogens is 202 g/mol. The van der Waals surface area contributed by atoms with Gasteiger partial charge in [-0.3, -0.25) is 14.3 Å². The van der Waals surface area contributed by atoms with Crippen LogP contribution in [-0.2, 0) is 9.59 Å². The molecule has 0 bridgehead atoms. The summed E-state index contributed by atoms with van der Waals surface area (Å²) in [5.74, 6) is -1.67. The van der Waals surface area contributed by atoms with E-state index in [4.69, 9.17) is 19.8 Å². The average Bonchev–Trinajstić information content (AvgIpc) is 1.25. The van der Waals surface area contributed by atoms with E-state index >= 15 is 0 Å². The molecule has 0 aliphatic carbocycles. The van der Waals surface area contributed by atoms with Gasteiger partial charge in [0.25, 0.3) is 11.9 Å². The average molecular weight is 213 g/mol. The largest absolute Gasteiger partial charge is 0.481 e. The van der Waals surface area contributed by atoms with Crippen molar-refractivity contribution in [3.05, 3.63) is 0 Å². The van der Waals surface area contributed by atoms with Crippen LogP contribution in [-0.4, -0.2) is 22.2 Å². The first-order chi connectivity index (χ1) is 3.46. The second kappa shape index (κ2) is 22.7. The summed E-state index contributed by atoms with van der Waals surface area (Å²) in [6.07, 6.45) is 0. The third-order valence-electron chi connectivity index (χ3n) is 0. The predicted molar refractivity (Wildman–Crippen MR) is 43.6 cm³/mol. The van der Waals surface area contributed by atoms with Gasteiger partial charge in [0.2, 0.25) is 0 Å². The fourth-order valence-electron chi connectivity index (χ4n) is 0. The van der Waals surface area contributed by atoms with E-state index < -0.39 is 11.9 Å². The Balaban J connectivity index is -0.0000000171. The molecule has 0 spiro atoms. The Bertz CT molecular complexity index is 78.1. The van der Waals surface area contributed by atoms with E-state index in [1.54, 1.807) is 0 Å². The maximum atomic E-state index is 9.00. The summed E-state index contributed by atoms with van der Waals surface area (Å²) in [6, 6.07) is 0. The summed E-state index contributed by atoms with van der Waals surface area (Å²) < 4.78 is 0. The summed E-state index contributed by atoms with van der Waals surface area (Å²) in [6.45, 7) is 2.17. The maximum Gasteiger partial charge on any atom is 0.300 e. The van der Waals surface area contributed by atoms with Crippen molar-refractivity contribution >= 4 is 36.8 Å². The highest BCUT2D eigenvalue weighted by Gasteiger charge is 1.65. The van der Waals surface area contributed by atoms with Gasteiger partial charge in [0.15, 0.2) is 0 Å². The summed E-state index contributed by atoms with van der Waals surface area (Å²) in [7, 11) is 0. The topological polar surface area (TPSA) is 74.6 Å². The number of rotatable bonds is 0. The van der Waals surface area contributed by atoms with Crippen molar-refractivity contribution in [1.82, 2.24) is 0 Å². The minimum atomic E-state index is -0.833. The lowest BCUT2D eigenvalue weighted by Gasteiger charge is -1.59. The van der Waals surface area contributed by atoms with Crippen LogP contribution in [0.4, 0.5) is 4.70 Å². The third kappa shape index (κ3) is 1730. The first-order valence-electron chi connectivity index (χ1n) is 1.86. The predicted octanol–water partition coefficient (Wildman–Crippen LogP) is 1.18. The fraction of sp³-hybridized carbons (Fsp3) is 0.500. The number of hydrogen-bond acceptors (Lipinski definition) is 2. The molecule has 0 aromatic heterocycles. The molecule has 0 unspecified atom stereocenters. The Morgan fingerprint density at radius 1 is 0.909 bits per heavy atom. The molecule has 0 radical (unpaired) electrons. The number of aliphatic carboxylic acids is 2. The molecule has 0 fully saturated rings. The second-order valence-corrected chi connectivity index (χ2v) is 1.04. The van der Waals surface area contributed by atoms with Gasteiger partial charge in [-0.1, -0.05) is 0 Å². The van der Waals surface area contributed by atoms with Crippen molar-refractivity contribution in [2.45, 2.75) is 13.8 Å². The van der Waals surface area contributed by atoms with Crippen molar-refractivity contribution in [2.75, 3.05) is 0 Å². The lowest BCUT2D eigenvalue weighted by molar-refractivity contribution is -0.135. The summed E-state index contributed by atoms with van der Waals surface area (Å²) >= 11 is 0. The number of halogens is 3. The SMILES string of the molecule is CC(=O)O.CC(=O)O.Cl.Cl.F. The van der Waals surface area contributed by atoms with Gasteiger partial charge in [-0.15, -0.1) is 24.8 Å². The molecular formula is C4H11Cl2FO4. The minimum Gasteiger partial charge on any atom is -0.481 e. The normalized spacial score (nSPS) is 4.55. The van der Waals surface area contributed by atoms with E-state index in [0.29, 0.717) is 0 Å². The Morgan fingerprint density at radius 2 is 0.909 bits per heavy atom. The highest BCUT2D eigenvalue weighted by molar-refractivity contribution is 5.85. The molecule has 0 rings (SSSR count). The molecule has 0 saturated heterocycles. The van der Waals surface area contributed by atoms with Gasteiger partial charge >= 0.3 is 0 Å². The van der Waals surface area contributed by atoms with E-state index in [0.717, 1.165) is 13.8 Å². The van der Waals surface area contributed by atoms with Gasteiger partial charge in [0.1, 0.15) is 0 Å². The summed E-state index contributed by atoms with van der Waals surface area (Å²) in [5.41, 5.74) is 0. The number of carboxylic acids is 2. The van der Waals surface area contributed by atoms with E-state index in [2.05, 4.69) is 0 Å². The van der Waals surface area contributed by atoms with Crippen molar-refractivity contribution < 1.29 is 24.5 Å². The third-order valence-corrected chi connectivity index (χ3v) is 0. The quantitative estimate of drug-likeness (QED) is 0.633. The minimum absolute atomic E-state index is 0. The Labute approximate surface area is 75.8 Å². The molecule has 0 aliphatic heterocycles. The Morgan fingerprint density at radius 3 is 0.909 bits per heavy atom. The van der Waals surface area contributed by atoms with Crippen LogP contribution in [0, 0.1) is 0 Å². The monoisotopic (exact) mass is 212 g/mol. The van der Waals surface area contributed by atoms with Crippen LogP contribution in [0.15, 0.2) is 0 Å². The molecule has 0 amide bonds. The standard InChI is InChI=1S/2C2H4O2.2ClH.FH/c2*1-2(3)4;;;/h2*1H3,(H,3,4);3*1H. The maximum absolute atomic E-state index is 9.00. The van der Waals surface area contributed by atoms with Crippen LogP contribution in [0.3, 0.4) is 0 Å². The Kier molecular flexibility index (Phi) is 64.9. The molecule has 0 heterocycles. The molecule has 0 atom stereocenters. The number of carboxylic acid groups (broad SMARTS) is 2. The lowest BCUT2D eigenvalue weighted by Crippen LogP contribution is -1.78. The van der Waals surface area contributed by atoms with Gasteiger partial charge in [-0.05, 0) is 0 Å². The van der Waals surface area contributed by atoms with E-state index in [1.807, 2.05) is 0 Å². The van der Waals surface area contributed by atoms with E-state index in [-0.39, 0.29) is 29.5 Å². The van der Waals surface area contributed by atoms with E-state index in [1.165, 1.54) is 0 Å². The molecule has 2 N–H and O–H groups in total. The molecule has 0 saturated carbocycles.